The van der Waals surface area contributed by atoms with Gasteiger partial charge in [-0.2, -0.15) is 0 Å². The second-order valence-corrected chi connectivity index (χ2v) is 15.3. The maximum atomic E-state index is 5.94. The Balaban J connectivity index is 3.87. The van der Waals surface area contributed by atoms with E-state index in [-0.39, 0.29) is 0 Å². The van der Waals surface area contributed by atoms with Crippen LogP contribution in [-0.2, 0) is 8.23 Å². The van der Waals surface area contributed by atoms with E-state index < -0.39 is 26.6 Å². The molecular formula is C10H24O2Si3. The Morgan fingerprint density at radius 3 is 1.53 bits per heavy atom. The summed E-state index contributed by atoms with van der Waals surface area (Å²) in [4.78, 5) is 0. The van der Waals surface area contributed by atoms with Crippen molar-refractivity contribution in [1.29, 1.82) is 0 Å². The molecule has 15 heavy (non-hydrogen) atoms. The summed E-state index contributed by atoms with van der Waals surface area (Å²) in [5.41, 5.74) is 0. The zero-order chi connectivity index (χ0) is 11.9. The third-order valence-electron chi connectivity index (χ3n) is 2.17. The molecule has 0 N–H and O–H groups in total. The molecular weight excluding hydrogens is 236 g/mol. The van der Waals surface area contributed by atoms with Crippen molar-refractivity contribution >= 4 is 26.6 Å². The van der Waals surface area contributed by atoms with E-state index in [9.17, 15) is 0 Å². The largest absolute Gasteiger partial charge is 0.441 e. The van der Waals surface area contributed by atoms with Gasteiger partial charge in [-0.25, -0.2) is 0 Å². The van der Waals surface area contributed by atoms with E-state index in [1.807, 2.05) is 12.2 Å². The van der Waals surface area contributed by atoms with Crippen LogP contribution in [0.5, 0.6) is 0 Å². The summed E-state index contributed by atoms with van der Waals surface area (Å²) in [5, 5.41) is 0. The lowest BCUT2D eigenvalue weighted by Gasteiger charge is -2.26. The molecule has 0 bridgehead atoms. The van der Waals surface area contributed by atoms with Crippen LogP contribution in [-0.4, -0.2) is 26.6 Å². The number of hydrogen-bond donors (Lipinski definition) is 0. The number of allylic oxidation sites excluding steroid dienone is 2. The molecule has 0 atom stereocenters. The van der Waals surface area contributed by atoms with Gasteiger partial charge in [-0.15, -0.1) is 13.2 Å². The minimum atomic E-state index is -1.51. The van der Waals surface area contributed by atoms with Crippen LogP contribution in [0.15, 0.2) is 25.3 Å². The van der Waals surface area contributed by atoms with Gasteiger partial charge in [0.2, 0.25) is 0 Å². The van der Waals surface area contributed by atoms with Gasteiger partial charge in [0.25, 0.3) is 10.0 Å². The molecule has 88 valence electrons. The highest BCUT2D eigenvalue weighted by molar-refractivity contribution is 6.78. The number of rotatable bonds is 8. The van der Waals surface area contributed by atoms with E-state index in [0.717, 1.165) is 12.1 Å². The lowest BCUT2D eigenvalue weighted by molar-refractivity contribution is 0.452. The molecule has 0 aromatic carbocycles. The summed E-state index contributed by atoms with van der Waals surface area (Å²) in [6.45, 7) is 16.4. The van der Waals surface area contributed by atoms with E-state index in [1.54, 1.807) is 0 Å². The molecule has 0 heterocycles. The van der Waals surface area contributed by atoms with Crippen LogP contribution >= 0.6 is 0 Å². The van der Waals surface area contributed by atoms with Gasteiger partial charge in [0.1, 0.15) is 0 Å². The van der Waals surface area contributed by atoms with E-state index in [2.05, 4.69) is 39.3 Å². The molecule has 0 aliphatic rings. The normalized spacial score (nSPS) is 12.5. The van der Waals surface area contributed by atoms with Gasteiger partial charge in [0.05, 0.1) is 0 Å². The molecule has 0 unspecified atom stereocenters. The first kappa shape index (κ1) is 15.1. The van der Waals surface area contributed by atoms with Gasteiger partial charge in [-0.05, 0) is 38.3 Å². The molecule has 0 saturated heterocycles. The fourth-order valence-corrected chi connectivity index (χ4v) is 6.81. The molecule has 0 amide bonds. The van der Waals surface area contributed by atoms with Crippen LogP contribution in [0, 0.1) is 0 Å². The molecule has 0 aromatic heterocycles. The zero-order valence-electron chi connectivity index (χ0n) is 10.5. The number of hydrogen-bond acceptors (Lipinski definition) is 2. The molecule has 0 spiro atoms. The highest BCUT2D eigenvalue weighted by atomic mass is 28.4. The van der Waals surface area contributed by atoms with Crippen LogP contribution in [0.2, 0.25) is 38.3 Å². The van der Waals surface area contributed by atoms with Crippen LogP contribution in [0.1, 0.15) is 0 Å². The zero-order valence-corrected chi connectivity index (χ0v) is 13.9. The molecule has 0 aliphatic carbocycles. The SMILES string of the molecule is C=CC[Si](C)(C)O[SiH2]O[Si](C)(C)CC=C. The van der Waals surface area contributed by atoms with E-state index in [0.29, 0.717) is 0 Å². The van der Waals surface area contributed by atoms with E-state index >= 15 is 0 Å². The van der Waals surface area contributed by atoms with Crippen molar-refractivity contribution in [2.24, 2.45) is 0 Å². The van der Waals surface area contributed by atoms with Gasteiger partial charge in [-0.1, -0.05) is 12.2 Å². The first-order valence-corrected chi connectivity index (χ1v) is 12.7. The van der Waals surface area contributed by atoms with Crippen LogP contribution in [0.4, 0.5) is 0 Å². The molecule has 0 saturated carbocycles. The predicted molar refractivity (Wildman–Crippen MR) is 75.7 cm³/mol. The Bertz CT molecular complexity index is 193. The van der Waals surface area contributed by atoms with Gasteiger partial charge < -0.3 is 8.23 Å². The second-order valence-electron chi connectivity index (χ2n) is 4.91. The third kappa shape index (κ3) is 7.92. The van der Waals surface area contributed by atoms with Gasteiger partial charge in [0.15, 0.2) is 16.6 Å². The maximum absolute atomic E-state index is 5.94. The van der Waals surface area contributed by atoms with E-state index in [1.165, 1.54) is 0 Å². The lowest BCUT2D eigenvalue weighted by atomic mass is 10.8. The fraction of sp³-hybridized carbons (Fsp3) is 0.600. The average molecular weight is 261 g/mol. The van der Waals surface area contributed by atoms with Crippen molar-refractivity contribution in [3.8, 4) is 0 Å². The summed E-state index contributed by atoms with van der Waals surface area (Å²) >= 11 is 0. The van der Waals surface area contributed by atoms with Crippen LogP contribution in [0.3, 0.4) is 0 Å². The quantitative estimate of drug-likeness (QED) is 0.493. The smallest absolute Gasteiger partial charge is 0.283 e. The Kier molecular flexibility index (Phi) is 6.62. The van der Waals surface area contributed by atoms with Gasteiger partial charge >= 0.3 is 0 Å². The monoisotopic (exact) mass is 260 g/mol. The molecule has 2 nitrogen and oxygen atoms in total. The highest BCUT2D eigenvalue weighted by Crippen LogP contribution is 2.14. The molecule has 0 fully saturated rings. The summed E-state index contributed by atoms with van der Waals surface area (Å²) < 4.78 is 11.9. The standard InChI is InChI=1S/C10H24O2Si3/c1-7-9-14(3,4)11-13-12-15(5,6)10-8-2/h7-8H,1-2,9-10,13H2,3-6H3. The minimum Gasteiger partial charge on any atom is -0.441 e. The Hall–Kier alpha value is 0.0506. The minimum absolute atomic E-state index is 0.810. The van der Waals surface area contributed by atoms with Crippen molar-refractivity contribution in [2.75, 3.05) is 0 Å². The summed E-state index contributed by atoms with van der Waals surface area (Å²) in [7, 11) is -3.83. The van der Waals surface area contributed by atoms with Crippen molar-refractivity contribution in [2.45, 2.75) is 38.3 Å². The first-order valence-electron chi connectivity index (χ1n) is 5.33. The maximum Gasteiger partial charge on any atom is 0.283 e. The average Bonchev–Trinajstić information content (AvgIpc) is 2.02. The van der Waals surface area contributed by atoms with Crippen molar-refractivity contribution in [1.82, 2.24) is 0 Å². The predicted octanol–water partition coefficient (Wildman–Crippen LogP) is 2.80. The van der Waals surface area contributed by atoms with Crippen LogP contribution in [0.25, 0.3) is 0 Å². The highest BCUT2D eigenvalue weighted by Gasteiger charge is 2.24. The van der Waals surface area contributed by atoms with Crippen molar-refractivity contribution < 1.29 is 8.23 Å². The van der Waals surface area contributed by atoms with Gasteiger partial charge in [0, 0.05) is 0 Å². The molecule has 0 rings (SSSR count). The molecule has 0 aromatic rings. The Morgan fingerprint density at radius 1 is 0.933 bits per heavy atom. The summed E-state index contributed by atoms with van der Waals surface area (Å²) in [5.74, 6) is 0. The molecule has 5 heteroatoms. The molecule has 0 radical (unpaired) electrons. The van der Waals surface area contributed by atoms with Crippen LogP contribution < -0.4 is 0 Å². The van der Waals surface area contributed by atoms with Gasteiger partial charge in [-0.3, -0.25) is 0 Å². The second kappa shape index (κ2) is 6.59. The van der Waals surface area contributed by atoms with E-state index in [4.69, 9.17) is 8.23 Å². The lowest BCUT2D eigenvalue weighted by Crippen LogP contribution is -2.38. The fourth-order valence-electron chi connectivity index (χ4n) is 1.16. The Morgan fingerprint density at radius 2 is 1.27 bits per heavy atom. The van der Waals surface area contributed by atoms with Crippen molar-refractivity contribution in [3.05, 3.63) is 25.3 Å². The topological polar surface area (TPSA) is 18.5 Å². The third-order valence-corrected chi connectivity index (χ3v) is 11.9. The Labute approximate surface area is 98.7 Å². The summed E-state index contributed by atoms with van der Waals surface area (Å²) in [6, 6.07) is 2.01. The summed E-state index contributed by atoms with van der Waals surface area (Å²) in [6.07, 6.45) is 3.90. The first-order chi connectivity index (χ1) is 6.83. The van der Waals surface area contributed by atoms with Crippen molar-refractivity contribution in [3.63, 3.8) is 0 Å². The molecule has 0 aliphatic heterocycles.